The van der Waals surface area contributed by atoms with Crippen molar-refractivity contribution in [2.24, 2.45) is 5.41 Å². The fourth-order valence-electron chi connectivity index (χ4n) is 4.85. The summed E-state index contributed by atoms with van der Waals surface area (Å²) < 4.78 is 21.1. The molecule has 33 heavy (non-hydrogen) atoms. The molecule has 1 aliphatic carbocycles. The predicted octanol–water partition coefficient (Wildman–Crippen LogP) is 6.29. The van der Waals surface area contributed by atoms with Crippen molar-refractivity contribution in [3.63, 3.8) is 0 Å². The summed E-state index contributed by atoms with van der Waals surface area (Å²) >= 11 is 0. The number of halogens is 1. The van der Waals surface area contributed by atoms with E-state index in [2.05, 4.69) is 39.3 Å². The Kier molecular flexibility index (Phi) is 9.71. The van der Waals surface area contributed by atoms with E-state index in [1.54, 1.807) is 19.9 Å². The number of ether oxygens (including phenoxy) is 1. The third kappa shape index (κ3) is 6.47. The van der Waals surface area contributed by atoms with E-state index in [-0.39, 0.29) is 17.0 Å². The number of likely N-dealkylation sites (N-methyl/N-ethyl adjacent to an activating group) is 2. The van der Waals surface area contributed by atoms with Crippen LogP contribution in [0.2, 0.25) is 0 Å². The maximum absolute atomic E-state index is 15.2. The van der Waals surface area contributed by atoms with Gasteiger partial charge in [0.1, 0.15) is 18.2 Å². The summed E-state index contributed by atoms with van der Waals surface area (Å²) in [6.07, 6.45) is 5.32. The normalized spacial score (nSPS) is 15.7. The molecule has 2 rings (SSSR count). The molecule has 0 N–H and O–H groups in total. The Hall–Kier alpha value is -2.14. The van der Waals surface area contributed by atoms with E-state index in [9.17, 15) is 4.79 Å². The van der Waals surface area contributed by atoms with Gasteiger partial charge in [-0.05, 0) is 64.6 Å². The summed E-state index contributed by atoms with van der Waals surface area (Å²) in [5.74, 6) is 0.354. The largest absolute Gasteiger partial charge is 0.492 e. The third-order valence-electron chi connectivity index (χ3n) is 7.10. The van der Waals surface area contributed by atoms with Gasteiger partial charge >= 0.3 is 0 Å². The first-order chi connectivity index (χ1) is 15.6. The van der Waals surface area contributed by atoms with Gasteiger partial charge in [0.2, 0.25) is 0 Å². The SMILES string of the molecule is C=C(/C(C(C)=O)=C(/CC)C1(C)CCC1)N(C)Cc1ccc(OCCN(C)CCC)c(C)c1F. The summed E-state index contributed by atoms with van der Waals surface area (Å²) in [5.41, 5.74) is 3.74. The number of carbonyl (C=O) groups excluding carboxylic acids is 1. The van der Waals surface area contributed by atoms with Crippen LogP contribution in [0.5, 0.6) is 5.75 Å². The molecule has 0 aliphatic heterocycles. The molecular weight excluding hydrogens is 415 g/mol. The fourth-order valence-corrected chi connectivity index (χ4v) is 4.85. The van der Waals surface area contributed by atoms with Crippen LogP contribution in [0.25, 0.3) is 0 Å². The molecule has 1 aliphatic rings. The van der Waals surface area contributed by atoms with Gasteiger partial charge in [-0.15, -0.1) is 0 Å². The minimum Gasteiger partial charge on any atom is -0.492 e. The monoisotopic (exact) mass is 458 g/mol. The van der Waals surface area contributed by atoms with Crippen LogP contribution in [-0.2, 0) is 11.3 Å². The van der Waals surface area contributed by atoms with Gasteiger partial charge in [-0.2, -0.15) is 0 Å². The maximum Gasteiger partial charge on any atom is 0.161 e. The first kappa shape index (κ1) is 27.1. The first-order valence-electron chi connectivity index (χ1n) is 12.3. The highest BCUT2D eigenvalue weighted by Gasteiger charge is 2.37. The van der Waals surface area contributed by atoms with Crippen molar-refractivity contribution in [1.82, 2.24) is 9.80 Å². The van der Waals surface area contributed by atoms with Gasteiger partial charge in [0.15, 0.2) is 5.78 Å². The Morgan fingerprint density at radius 2 is 1.88 bits per heavy atom. The predicted molar refractivity (Wildman–Crippen MR) is 135 cm³/mol. The number of rotatable bonds is 13. The number of Topliss-reactive ketones (excluding diaryl/α,β-unsaturated/α-hetero) is 1. The molecule has 1 saturated carbocycles. The molecule has 0 atom stereocenters. The van der Waals surface area contributed by atoms with E-state index in [1.807, 2.05) is 18.0 Å². The standard InChI is InChI=1S/C28H43FN2O2/c1-9-16-30(7)17-18-33-25-13-12-23(27(29)20(25)3)19-31(8)21(4)26(22(5)32)24(10-2)28(6)14-11-15-28/h12-13H,4,9-11,14-19H2,1-3,5-8H3/b26-24+. The average Bonchev–Trinajstić information content (AvgIpc) is 2.74. The molecule has 0 aromatic heterocycles. The van der Waals surface area contributed by atoms with Gasteiger partial charge in [-0.3, -0.25) is 4.79 Å². The molecule has 0 heterocycles. The van der Waals surface area contributed by atoms with E-state index >= 15 is 4.39 Å². The number of hydrogen-bond acceptors (Lipinski definition) is 4. The molecule has 1 aromatic carbocycles. The second kappa shape index (κ2) is 11.8. The summed E-state index contributed by atoms with van der Waals surface area (Å²) in [7, 11) is 3.94. The highest BCUT2D eigenvalue weighted by atomic mass is 19.1. The van der Waals surface area contributed by atoms with Crippen LogP contribution in [0.4, 0.5) is 4.39 Å². The molecule has 0 radical (unpaired) electrons. The topological polar surface area (TPSA) is 32.8 Å². The number of ketones is 1. The lowest BCUT2D eigenvalue weighted by Crippen LogP contribution is -2.31. The fraction of sp³-hybridized carbons (Fsp3) is 0.607. The van der Waals surface area contributed by atoms with Crippen LogP contribution in [0.15, 0.2) is 35.6 Å². The van der Waals surface area contributed by atoms with E-state index in [0.29, 0.717) is 35.7 Å². The molecule has 0 unspecified atom stereocenters. The van der Waals surface area contributed by atoms with Crippen LogP contribution >= 0.6 is 0 Å². The molecule has 1 aromatic rings. The van der Waals surface area contributed by atoms with E-state index in [4.69, 9.17) is 4.74 Å². The van der Waals surface area contributed by atoms with Gasteiger partial charge in [0.05, 0.1) is 0 Å². The van der Waals surface area contributed by atoms with Crippen molar-refractivity contribution >= 4 is 5.78 Å². The summed E-state index contributed by atoms with van der Waals surface area (Å²) in [5, 5.41) is 0. The Balaban J connectivity index is 2.16. The number of carbonyl (C=O) groups is 1. The number of allylic oxidation sites excluding steroid dienone is 2. The van der Waals surface area contributed by atoms with Crippen LogP contribution in [0, 0.1) is 18.2 Å². The first-order valence-corrected chi connectivity index (χ1v) is 12.3. The molecule has 0 spiro atoms. The number of hydrogen-bond donors (Lipinski definition) is 0. The smallest absolute Gasteiger partial charge is 0.161 e. The van der Waals surface area contributed by atoms with Gasteiger partial charge in [-0.1, -0.05) is 45.4 Å². The van der Waals surface area contributed by atoms with Gasteiger partial charge < -0.3 is 14.5 Å². The van der Waals surface area contributed by atoms with Crippen LogP contribution in [0.1, 0.15) is 70.9 Å². The quantitative estimate of drug-likeness (QED) is 0.257. The molecule has 5 heteroatoms. The minimum atomic E-state index is -0.260. The van der Waals surface area contributed by atoms with Crippen LogP contribution < -0.4 is 4.74 Å². The molecule has 0 bridgehead atoms. The average molecular weight is 459 g/mol. The highest BCUT2D eigenvalue weighted by molar-refractivity contribution is 5.98. The van der Waals surface area contributed by atoms with Crippen molar-refractivity contribution in [3.8, 4) is 5.75 Å². The summed E-state index contributed by atoms with van der Waals surface area (Å²) in [4.78, 5) is 16.7. The van der Waals surface area contributed by atoms with E-state index in [1.165, 1.54) is 12.0 Å². The molecule has 4 nitrogen and oxygen atoms in total. The lowest BCUT2D eigenvalue weighted by atomic mass is 9.63. The van der Waals surface area contributed by atoms with Gasteiger partial charge in [-0.25, -0.2) is 4.39 Å². The Morgan fingerprint density at radius 1 is 1.21 bits per heavy atom. The zero-order valence-electron chi connectivity index (χ0n) is 21.8. The van der Waals surface area contributed by atoms with E-state index < -0.39 is 0 Å². The third-order valence-corrected chi connectivity index (χ3v) is 7.10. The number of benzene rings is 1. The van der Waals surface area contributed by atoms with Crippen molar-refractivity contribution in [3.05, 3.63) is 52.5 Å². The summed E-state index contributed by atoms with van der Waals surface area (Å²) in [6.45, 7) is 16.8. The van der Waals surface area contributed by atoms with E-state index in [0.717, 1.165) is 44.3 Å². The zero-order valence-corrected chi connectivity index (χ0v) is 21.8. The molecular formula is C28H43FN2O2. The zero-order chi connectivity index (χ0) is 24.8. The van der Waals surface area contributed by atoms with Crippen molar-refractivity contribution in [2.45, 2.75) is 73.3 Å². The Morgan fingerprint density at radius 3 is 2.39 bits per heavy atom. The molecule has 0 amide bonds. The molecule has 1 fully saturated rings. The van der Waals surface area contributed by atoms with Crippen molar-refractivity contribution in [2.75, 3.05) is 33.8 Å². The van der Waals surface area contributed by atoms with Gasteiger partial charge in [0, 0.05) is 42.5 Å². The van der Waals surface area contributed by atoms with Gasteiger partial charge in [0.25, 0.3) is 0 Å². The van der Waals surface area contributed by atoms with Crippen molar-refractivity contribution in [1.29, 1.82) is 0 Å². The second-order valence-electron chi connectivity index (χ2n) is 9.79. The number of nitrogens with zero attached hydrogens (tertiary/aromatic N) is 2. The lowest BCUT2D eigenvalue weighted by molar-refractivity contribution is -0.113. The summed E-state index contributed by atoms with van der Waals surface area (Å²) in [6, 6.07) is 3.63. The maximum atomic E-state index is 15.2. The Bertz CT molecular complexity index is 886. The highest BCUT2D eigenvalue weighted by Crippen LogP contribution is 2.49. The molecule has 0 saturated heterocycles. The molecule has 184 valence electrons. The van der Waals surface area contributed by atoms with Crippen LogP contribution in [0.3, 0.4) is 0 Å². The Labute approximate surface area is 200 Å². The van der Waals surface area contributed by atoms with Crippen molar-refractivity contribution < 1.29 is 13.9 Å². The second-order valence-corrected chi connectivity index (χ2v) is 9.79. The van der Waals surface area contributed by atoms with Crippen LogP contribution in [-0.4, -0.2) is 49.4 Å². The minimum absolute atomic E-state index is 0.0327. The lowest BCUT2D eigenvalue weighted by Gasteiger charge is -2.42.